The molecule has 0 atom stereocenters. The van der Waals surface area contributed by atoms with Crippen LogP contribution < -0.4 is 4.74 Å². The van der Waals surface area contributed by atoms with Crippen LogP contribution in [0, 0.1) is 11.3 Å². The number of ether oxygens (including phenoxy) is 2. The number of fused-ring (bicyclic) bond motifs is 1. The second-order valence-corrected chi connectivity index (χ2v) is 9.03. The number of carbonyl (C=O) groups excluding carboxylic acids is 1. The Labute approximate surface area is 215 Å². The van der Waals surface area contributed by atoms with E-state index in [1.807, 2.05) is 50.2 Å². The van der Waals surface area contributed by atoms with Gasteiger partial charge in [-0.15, -0.1) is 5.06 Å². The number of hydrogen-bond acceptors (Lipinski definition) is 7. The van der Waals surface area contributed by atoms with Crippen molar-refractivity contribution < 1.29 is 29.0 Å². The van der Waals surface area contributed by atoms with E-state index in [1.54, 1.807) is 24.3 Å². The Kier molecular flexibility index (Phi) is 8.06. The number of benzene rings is 3. The van der Waals surface area contributed by atoms with Gasteiger partial charge in [-0.3, -0.25) is 4.79 Å². The van der Waals surface area contributed by atoms with E-state index in [4.69, 9.17) is 14.3 Å². The molecular formula is C29H28N2O6. The second-order valence-electron chi connectivity index (χ2n) is 9.03. The number of aliphatic carboxylic acids is 1. The molecule has 3 aromatic rings. The summed E-state index contributed by atoms with van der Waals surface area (Å²) in [5.74, 6) is -0.324. The molecule has 1 aliphatic rings. The Morgan fingerprint density at radius 1 is 1.03 bits per heavy atom. The first kappa shape index (κ1) is 25.7. The van der Waals surface area contributed by atoms with Gasteiger partial charge in [-0.25, -0.2) is 4.79 Å². The number of nitrogens with zero attached hydrogens (tertiary/aromatic N) is 2. The van der Waals surface area contributed by atoms with Gasteiger partial charge in [0.25, 0.3) is 0 Å². The lowest BCUT2D eigenvalue weighted by Crippen LogP contribution is -2.34. The van der Waals surface area contributed by atoms with Gasteiger partial charge in [0.2, 0.25) is 0 Å². The van der Waals surface area contributed by atoms with Crippen LogP contribution in [0.1, 0.15) is 41.7 Å². The summed E-state index contributed by atoms with van der Waals surface area (Å²) >= 11 is 0. The van der Waals surface area contributed by atoms with Crippen molar-refractivity contribution in [2.24, 2.45) is 0 Å². The predicted octanol–water partition coefficient (Wildman–Crippen LogP) is 5.27. The zero-order valence-corrected chi connectivity index (χ0v) is 20.8. The summed E-state index contributed by atoms with van der Waals surface area (Å²) in [7, 11) is 0. The van der Waals surface area contributed by atoms with Crippen molar-refractivity contribution in [1.29, 1.82) is 5.26 Å². The van der Waals surface area contributed by atoms with E-state index < -0.39 is 12.1 Å². The van der Waals surface area contributed by atoms with Gasteiger partial charge in [0, 0.05) is 12.1 Å². The van der Waals surface area contributed by atoms with Crippen LogP contribution >= 0.6 is 0 Å². The summed E-state index contributed by atoms with van der Waals surface area (Å²) in [6.45, 7) is 4.57. The van der Waals surface area contributed by atoms with E-state index in [2.05, 4.69) is 6.07 Å². The fourth-order valence-electron chi connectivity index (χ4n) is 4.36. The normalized spacial score (nSPS) is 12.9. The zero-order valence-electron chi connectivity index (χ0n) is 20.8. The fraction of sp³-hybridized carbons (Fsp3) is 0.276. The van der Waals surface area contributed by atoms with Crippen molar-refractivity contribution in [1.82, 2.24) is 5.06 Å². The van der Waals surface area contributed by atoms with E-state index in [0.717, 1.165) is 27.8 Å². The molecule has 0 bridgehead atoms. The molecular weight excluding hydrogens is 472 g/mol. The molecule has 37 heavy (non-hydrogen) atoms. The van der Waals surface area contributed by atoms with Crippen LogP contribution in [0.15, 0.2) is 60.7 Å². The van der Waals surface area contributed by atoms with Gasteiger partial charge in [-0.1, -0.05) is 42.5 Å². The van der Waals surface area contributed by atoms with Gasteiger partial charge in [0.05, 0.1) is 30.7 Å². The Hall–Kier alpha value is -4.35. The molecule has 0 saturated heterocycles. The van der Waals surface area contributed by atoms with Crippen LogP contribution in [0.4, 0.5) is 4.79 Å². The largest absolute Gasteiger partial charge is 0.528 e. The summed E-state index contributed by atoms with van der Waals surface area (Å²) < 4.78 is 11.3. The first-order valence-corrected chi connectivity index (χ1v) is 12.0. The summed E-state index contributed by atoms with van der Waals surface area (Å²) in [5.41, 5.74) is 5.25. The molecule has 8 heteroatoms. The molecule has 0 unspecified atom stereocenters. The maximum Gasteiger partial charge on any atom is 0.528 e. The van der Waals surface area contributed by atoms with E-state index in [0.29, 0.717) is 29.8 Å². The van der Waals surface area contributed by atoms with Crippen molar-refractivity contribution in [3.05, 3.63) is 88.5 Å². The first-order valence-electron chi connectivity index (χ1n) is 12.0. The van der Waals surface area contributed by atoms with Crippen LogP contribution in [-0.4, -0.2) is 34.9 Å². The minimum Gasteiger partial charge on any atom is -0.490 e. The smallest absolute Gasteiger partial charge is 0.490 e. The van der Waals surface area contributed by atoms with Crippen LogP contribution in [0.25, 0.3) is 11.1 Å². The quantitative estimate of drug-likeness (QED) is 0.417. The highest BCUT2D eigenvalue weighted by molar-refractivity contribution is 5.78. The molecule has 0 aromatic heterocycles. The Balaban J connectivity index is 1.63. The van der Waals surface area contributed by atoms with Gasteiger partial charge < -0.3 is 19.4 Å². The van der Waals surface area contributed by atoms with Crippen molar-refractivity contribution in [3.8, 4) is 22.9 Å². The molecule has 0 fully saturated rings. The third-order valence-electron chi connectivity index (χ3n) is 5.95. The number of hydroxylamine groups is 2. The topological polar surface area (TPSA) is 109 Å². The van der Waals surface area contributed by atoms with Crippen LogP contribution in [0.2, 0.25) is 0 Å². The average molecular weight is 501 g/mol. The lowest BCUT2D eigenvalue weighted by Gasteiger charge is -2.29. The molecule has 3 aromatic carbocycles. The van der Waals surface area contributed by atoms with E-state index in [-0.39, 0.29) is 25.7 Å². The molecule has 190 valence electrons. The van der Waals surface area contributed by atoms with Crippen molar-refractivity contribution in [2.45, 2.75) is 45.9 Å². The van der Waals surface area contributed by atoms with Crippen molar-refractivity contribution >= 4 is 12.1 Å². The third kappa shape index (κ3) is 6.46. The van der Waals surface area contributed by atoms with Crippen LogP contribution in [0.5, 0.6) is 5.75 Å². The van der Waals surface area contributed by atoms with Crippen LogP contribution in [0.3, 0.4) is 0 Å². The summed E-state index contributed by atoms with van der Waals surface area (Å²) in [6, 6.07) is 20.5. The lowest BCUT2D eigenvalue weighted by molar-refractivity contribution is -0.139. The second kappa shape index (κ2) is 11.6. The van der Waals surface area contributed by atoms with E-state index >= 15 is 0 Å². The standard InChI is InChI=1S/C29H28N2O6/c1-19(2)36-27-11-8-21(15-28(32)33)14-25(27)24-10-9-22(16-30)23-12-13-31(17-26(23)24)37-29(34)35-18-20-6-4-3-5-7-20/h3-11,14,19H,12-13,15,17-18H2,1-2H3,(H,32,33). The maximum absolute atomic E-state index is 12.4. The highest BCUT2D eigenvalue weighted by Gasteiger charge is 2.27. The molecule has 0 aliphatic carbocycles. The number of carboxylic acids is 1. The number of rotatable bonds is 8. The molecule has 0 radical (unpaired) electrons. The average Bonchev–Trinajstić information content (AvgIpc) is 2.88. The Morgan fingerprint density at radius 3 is 2.51 bits per heavy atom. The molecule has 4 rings (SSSR count). The van der Waals surface area contributed by atoms with E-state index in [9.17, 15) is 20.0 Å². The SMILES string of the molecule is CC(C)Oc1ccc(CC(=O)O)cc1-c1ccc(C#N)c2c1CN(OC(=O)OCc1ccccc1)CC2. The number of carboxylic acid groups (broad SMARTS) is 1. The van der Waals surface area contributed by atoms with Gasteiger partial charge >= 0.3 is 12.1 Å². The molecule has 8 nitrogen and oxygen atoms in total. The van der Waals surface area contributed by atoms with Crippen LogP contribution in [-0.2, 0) is 40.4 Å². The highest BCUT2D eigenvalue weighted by Crippen LogP contribution is 2.38. The molecule has 1 N–H and O–H groups in total. The minimum atomic E-state index is -0.932. The Morgan fingerprint density at radius 2 is 1.81 bits per heavy atom. The predicted molar refractivity (Wildman–Crippen MR) is 136 cm³/mol. The first-order chi connectivity index (χ1) is 17.8. The maximum atomic E-state index is 12.4. The zero-order chi connectivity index (χ0) is 26.4. The van der Waals surface area contributed by atoms with E-state index in [1.165, 1.54) is 5.06 Å². The molecule has 0 amide bonds. The third-order valence-corrected chi connectivity index (χ3v) is 5.95. The molecule has 0 saturated carbocycles. The minimum absolute atomic E-state index is 0.0974. The van der Waals surface area contributed by atoms with Gasteiger partial charge in [0.15, 0.2) is 0 Å². The van der Waals surface area contributed by atoms with Gasteiger partial charge in [-0.2, -0.15) is 5.26 Å². The van der Waals surface area contributed by atoms with Gasteiger partial charge in [-0.05, 0) is 66.3 Å². The number of nitriles is 1. The Bertz CT molecular complexity index is 1330. The highest BCUT2D eigenvalue weighted by atomic mass is 16.8. The lowest BCUT2D eigenvalue weighted by atomic mass is 9.87. The van der Waals surface area contributed by atoms with Crippen molar-refractivity contribution in [3.63, 3.8) is 0 Å². The number of carbonyl (C=O) groups is 2. The molecule has 1 heterocycles. The van der Waals surface area contributed by atoms with Gasteiger partial charge in [0.1, 0.15) is 12.4 Å². The molecule has 0 spiro atoms. The summed E-state index contributed by atoms with van der Waals surface area (Å²) in [4.78, 5) is 29.2. The summed E-state index contributed by atoms with van der Waals surface area (Å²) in [6.07, 6.45) is -0.543. The summed E-state index contributed by atoms with van der Waals surface area (Å²) in [5, 5.41) is 20.5. The fourth-order valence-corrected chi connectivity index (χ4v) is 4.36. The monoisotopic (exact) mass is 500 g/mol. The number of hydrogen-bond donors (Lipinski definition) is 1. The molecule has 1 aliphatic heterocycles. The van der Waals surface area contributed by atoms with Crippen molar-refractivity contribution in [2.75, 3.05) is 6.54 Å².